The fraction of sp³-hybridized carbons (Fsp3) is 0.857. The van der Waals surface area contributed by atoms with Crippen molar-refractivity contribution < 1.29 is 0 Å². The van der Waals surface area contributed by atoms with Crippen LogP contribution >= 0.6 is 12.6 Å². The number of nitrogens with zero attached hydrogens (tertiary/aromatic N) is 1. The Balaban J connectivity index is 2.99. The lowest BCUT2D eigenvalue weighted by Gasteiger charge is -1.98. The summed E-state index contributed by atoms with van der Waals surface area (Å²) < 4.78 is 0. The van der Waals surface area contributed by atoms with Gasteiger partial charge < -0.3 is 0 Å². The molecule has 0 N–H and O–H groups in total. The monoisotopic (exact) mass is 143 g/mol. The average molecular weight is 143 g/mol. The van der Waals surface area contributed by atoms with Gasteiger partial charge >= 0.3 is 0 Å². The molecular weight excluding hydrogens is 130 g/mol. The molecule has 0 bridgehead atoms. The van der Waals surface area contributed by atoms with Crippen LogP contribution in [0.25, 0.3) is 0 Å². The van der Waals surface area contributed by atoms with Gasteiger partial charge in [0.1, 0.15) is 0 Å². The van der Waals surface area contributed by atoms with Crippen LogP contribution in [-0.2, 0) is 0 Å². The molecule has 1 nitrogen and oxygen atoms in total. The van der Waals surface area contributed by atoms with E-state index in [0.29, 0.717) is 0 Å². The zero-order valence-electron chi connectivity index (χ0n) is 5.80. The molecule has 0 amide bonds. The molecule has 0 saturated carbocycles. The van der Waals surface area contributed by atoms with Crippen molar-refractivity contribution in [2.45, 2.75) is 26.2 Å². The highest BCUT2D eigenvalue weighted by molar-refractivity contribution is 7.80. The Morgan fingerprint density at radius 2 is 2.22 bits per heavy atom. The van der Waals surface area contributed by atoms with Crippen molar-refractivity contribution in [1.82, 2.24) is 0 Å². The molecule has 1 atom stereocenters. The fourth-order valence-electron chi connectivity index (χ4n) is 0.627. The number of unbranched alkanes of at least 4 members (excludes halogenated alkanes) is 1. The third-order valence-corrected chi connectivity index (χ3v) is 1.58. The van der Waals surface area contributed by atoms with Gasteiger partial charge in [0.05, 0.1) is 6.07 Å². The van der Waals surface area contributed by atoms with E-state index in [1.165, 1.54) is 0 Å². The topological polar surface area (TPSA) is 23.8 Å². The zero-order chi connectivity index (χ0) is 7.11. The van der Waals surface area contributed by atoms with Gasteiger partial charge in [0, 0.05) is 5.92 Å². The second-order valence-corrected chi connectivity index (χ2v) is 2.70. The predicted octanol–water partition coefficient (Wildman–Crippen LogP) is 2.25. The molecule has 0 aromatic rings. The summed E-state index contributed by atoms with van der Waals surface area (Å²) in [5, 5.41) is 8.37. The van der Waals surface area contributed by atoms with E-state index in [2.05, 4.69) is 18.7 Å². The molecule has 0 aliphatic heterocycles. The van der Waals surface area contributed by atoms with Gasteiger partial charge in [-0.3, -0.25) is 0 Å². The van der Waals surface area contributed by atoms with Crippen LogP contribution in [0.15, 0.2) is 0 Å². The van der Waals surface area contributed by atoms with Crippen LogP contribution in [0.4, 0.5) is 0 Å². The van der Waals surface area contributed by atoms with Crippen molar-refractivity contribution in [3.8, 4) is 6.07 Å². The Labute approximate surface area is 62.5 Å². The van der Waals surface area contributed by atoms with Crippen LogP contribution in [0.5, 0.6) is 0 Å². The molecule has 0 aromatic carbocycles. The van der Waals surface area contributed by atoms with Crippen LogP contribution < -0.4 is 0 Å². The molecule has 0 aromatic heterocycles. The lowest BCUT2D eigenvalue weighted by atomic mass is 10.1. The Hall–Kier alpha value is -0.160. The van der Waals surface area contributed by atoms with Crippen molar-refractivity contribution in [2.24, 2.45) is 5.92 Å². The maximum absolute atomic E-state index is 8.37. The second kappa shape index (κ2) is 5.97. The van der Waals surface area contributed by atoms with E-state index >= 15 is 0 Å². The van der Waals surface area contributed by atoms with E-state index in [1.807, 2.05) is 6.92 Å². The molecule has 0 aliphatic carbocycles. The predicted molar refractivity (Wildman–Crippen MR) is 42.5 cm³/mol. The SMILES string of the molecule is CC(C#N)CCCCS. The van der Waals surface area contributed by atoms with Gasteiger partial charge in [-0.05, 0) is 25.5 Å². The van der Waals surface area contributed by atoms with Crippen molar-refractivity contribution in [3.63, 3.8) is 0 Å². The minimum absolute atomic E-state index is 0.227. The highest BCUT2D eigenvalue weighted by Gasteiger charge is 1.96. The highest BCUT2D eigenvalue weighted by Crippen LogP contribution is 2.05. The summed E-state index contributed by atoms with van der Waals surface area (Å²) in [5.41, 5.74) is 0. The van der Waals surface area contributed by atoms with E-state index < -0.39 is 0 Å². The first-order valence-electron chi connectivity index (χ1n) is 3.31. The summed E-state index contributed by atoms with van der Waals surface area (Å²) in [6.07, 6.45) is 3.30. The molecule has 0 heterocycles. The number of nitriles is 1. The highest BCUT2D eigenvalue weighted by atomic mass is 32.1. The zero-order valence-corrected chi connectivity index (χ0v) is 6.69. The minimum Gasteiger partial charge on any atom is -0.198 e. The molecule has 2 heteroatoms. The Morgan fingerprint density at radius 1 is 1.56 bits per heavy atom. The first-order chi connectivity index (χ1) is 4.31. The van der Waals surface area contributed by atoms with Crippen molar-refractivity contribution in [2.75, 3.05) is 5.75 Å². The van der Waals surface area contributed by atoms with Crippen molar-refractivity contribution in [3.05, 3.63) is 0 Å². The summed E-state index contributed by atoms with van der Waals surface area (Å²) in [5.74, 6) is 1.17. The maximum Gasteiger partial charge on any atom is 0.0652 e. The molecule has 0 saturated heterocycles. The molecule has 0 fully saturated rings. The quantitative estimate of drug-likeness (QED) is 0.473. The summed E-state index contributed by atoms with van der Waals surface area (Å²) in [7, 11) is 0. The molecule has 1 unspecified atom stereocenters. The molecular formula is C7H13NS. The summed E-state index contributed by atoms with van der Waals surface area (Å²) in [4.78, 5) is 0. The molecule has 9 heavy (non-hydrogen) atoms. The van der Waals surface area contributed by atoms with E-state index in [9.17, 15) is 0 Å². The van der Waals surface area contributed by atoms with Crippen LogP contribution in [0.3, 0.4) is 0 Å². The molecule has 0 radical (unpaired) electrons. The largest absolute Gasteiger partial charge is 0.198 e. The van der Waals surface area contributed by atoms with Crippen molar-refractivity contribution >= 4 is 12.6 Å². The number of thiol groups is 1. The van der Waals surface area contributed by atoms with Gasteiger partial charge in [-0.25, -0.2) is 0 Å². The minimum atomic E-state index is 0.227. The molecule has 0 rings (SSSR count). The van der Waals surface area contributed by atoms with E-state index in [0.717, 1.165) is 25.0 Å². The van der Waals surface area contributed by atoms with Crippen molar-refractivity contribution in [1.29, 1.82) is 5.26 Å². The lowest BCUT2D eigenvalue weighted by Crippen LogP contribution is -1.89. The lowest BCUT2D eigenvalue weighted by molar-refractivity contribution is 0.611. The van der Waals surface area contributed by atoms with E-state index in [-0.39, 0.29) is 5.92 Å². The summed E-state index contributed by atoms with van der Waals surface area (Å²) in [6, 6.07) is 2.20. The van der Waals surface area contributed by atoms with Gasteiger partial charge in [0.25, 0.3) is 0 Å². The van der Waals surface area contributed by atoms with E-state index in [1.54, 1.807) is 0 Å². The third kappa shape index (κ3) is 5.72. The molecule has 0 spiro atoms. The van der Waals surface area contributed by atoms with Crippen LogP contribution in [0.1, 0.15) is 26.2 Å². The normalized spacial score (nSPS) is 12.6. The number of rotatable bonds is 4. The van der Waals surface area contributed by atoms with Crippen LogP contribution in [-0.4, -0.2) is 5.75 Å². The van der Waals surface area contributed by atoms with Gasteiger partial charge in [-0.15, -0.1) is 0 Å². The summed E-state index contributed by atoms with van der Waals surface area (Å²) >= 11 is 4.07. The van der Waals surface area contributed by atoms with Gasteiger partial charge in [-0.1, -0.05) is 6.42 Å². The van der Waals surface area contributed by atoms with Crippen LogP contribution in [0, 0.1) is 17.2 Å². The Bertz CT molecular complexity index is 95.6. The fourth-order valence-corrected chi connectivity index (χ4v) is 0.850. The Morgan fingerprint density at radius 3 is 2.67 bits per heavy atom. The first kappa shape index (κ1) is 8.84. The maximum atomic E-state index is 8.37. The van der Waals surface area contributed by atoms with Crippen LogP contribution in [0.2, 0.25) is 0 Å². The number of hydrogen-bond acceptors (Lipinski definition) is 2. The van der Waals surface area contributed by atoms with Gasteiger partial charge in [-0.2, -0.15) is 17.9 Å². The second-order valence-electron chi connectivity index (χ2n) is 2.25. The standard InChI is InChI=1S/C7H13NS/c1-7(6-8)4-2-3-5-9/h7,9H,2-5H2,1H3. The van der Waals surface area contributed by atoms with Gasteiger partial charge in [0.15, 0.2) is 0 Å². The average Bonchev–Trinajstić information content (AvgIpc) is 1.89. The third-order valence-electron chi connectivity index (χ3n) is 1.27. The van der Waals surface area contributed by atoms with E-state index in [4.69, 9.17) is 5.26 Å². The first-order valence-corrected chi connectivity index (χ1v) is 3.95. The van der Waals surface area contributed by atoms with Gasteiger partial charge in [0.2, 0.25) is 0 Å². The smallest absolute Gasteiger partial charge is 0.0652 e. The molecule has 52 valence electrons. The molecule has 0 aliphatic rings. The number of hydrogen-bond donors (Lipinski definition) is 1. The summed E-state index contributed by atoms with van der Waals surface area (Å²) in [6.45, 7) is 1.96. The Kier molecular flexibility index (Phi) is 5.86.